The standard InChI is InChI=1S/C10H13NO6S/c1-17-9(5-12)8-4-6(18(11,15)16)2-3-7(8)10(13)14/h2-4,9,12H,5H2,1H3,(H,13,14)(H2,11,15,16). The van der Waals surface area contributed by atoms with Gasteiger partial charge in [0.05, 0.1) is 17.1 Å². The number of aromatic carboxylic acids is 1. The van der Waals surface area contributed by atoms with Crippen LogP contribution >= 0.6 is 0 Å². The van der Waals surface area contributed by atoms with Gasteiger partial charge in [-0.05, 0) is 23.8 Å². The highest BCUT2D eigenvalue weighted by atomic mass is 32.2. The average Bonchev–Trinajstić information content (AvgIpc) is 2.29. The minimum absolute atomic E-state index is 0.0547. The summed E-state index contributed by atoms with van der Waals surface area (Å²) in [7, 11) is -2.67. The number of carboxylic acid groups (broad SMARTS) is 1. The Kier molecular flexibility index (Phi) is 4.41. The molecule has 0 radical (unpaired) electrons. The molecule has 0 saturated carbocycles. The predicted octanol–water partition coefficient (Wildman–Crippen LogP) is -0.288. The Balaban J connectivity index is 3.46. The maximum Gasteiger partial charge on any atom is 0.336 e. The molecule has 1 aromatic carbocycles. The SMILES string of the molecule is COC(CO)c1cc(S(N)(=O)=O)ccc1C(=O)O. The van der Waals surface area contributed by atoms with E-state index in [1.807, 2.05) is 0 Å². The van der Waals surface area contributed by atoms with E-state index >= 15 is 0 Å². The summed E-state index contributed by atoms with van der Waals surface area (Å²) >= 11 is 0. The molecule has 0 spiro atoms. The Morgan fingerprint density at radius 3 is 2.50 bits per heavy atom. The normalized spacial score (nSPS) is 13.3. The van der Waals surface area contributed by atoms with E-state index in [0.29, 0.717) is 0 Å². The highest BCUT2D eigenvalue weighted by Crippen LogP contribution is 2.24. The lowest BCUT2D eigenvalue weighted by Gasteiger charge is -2.16. The molecule has 0 fully saturated rings. The van der Waals surface area contributed by atoms with Crippen molar-refractivity contribution in [2.45, 2.75) is 11.0 Å². The lowest BCUT2D eigenvalue weighted by atomic mass is 10.0. The van der Waals surface area contributed by atoms with E-state index in [0.717, 1.165) is 18.2 Å². The number of primary sulfonamides is 1. The van der Waals surface area contributed by atoms with E-state index in [1.54, 1.807) is 0 Å². The third-order valence-electron chi connectivity index (χ3n) is 2.38. The summed E-state index contributed by atoms with van der Waals surface area (Å²) in [5, 5.41) is 23.0. The van der Waals surface area contributed by atoms with E-state index in [9.17, 15) is 13.2 Å². The molecule has 0 aliphatic carbocycles. The van der Waals surface area contributed by atoms with Gasteiger partial charge < -0.3 is 14.9 Å². The molecular weight excluding hydrogens is 262 g/mol. The molecule has 7 nitrogen and oxygen atoms in total. The number of hydrogen-bond acceptors (Lipinski definition) is 5. The van der Waals surface area contributed by atoms with Crippen LogP contribution < -0.4 is 5.14 Å². The van der Waals surface area contributed by atoms with Crippen LogP contribution in [0, 0.1) is 0 Å². The number of ether oxygens (including phenoxy) is 1. The van der Waals surface area contributed by atoms with E-state index in [1.165, 1.54) is 7.11 Å². The minimum atomic E-state index is -3.95. The van der Waals surface area contributed by atoms with Crippen LogP contribution in [0.4, 0.5) is 0 Å². The zero-order chi connectivity index (χ0) is 13.9. The molecule has 1 unspecified atom stereocenters. The minimum Gasteiger partial charge on any atom is -0.478 e. The molecule has 0 heterocycles. The first-order chi connectivity index (χ1) is 8.31. The third kappa shape index (κ3) is 3.05. The van der Waals surface area contributed by atoms with Crippen LogP contribution in [-0.2, 0) is 14.8 Å². The molecular formula is C10H13NO6S. The fourth-order valence-electron chi connectivity index (χ4n) is 1.48. The van der Waals surface area contributed by atoms with Crippen molar-refractivity contribution in [3.63, 3.8) is 0 Å². The van der Waals surface area contributed by atoms with Crippen LogP contribution in [0.5, 0.6) is 0 Å². The number of rotatable bonds is 5. The van der Waals surface area contributed by atoms with Gasteiger partial charge in [0, 0.05) is 7.11 Å². The molecule has 0 amide bonds. The summed E-state index contributed by atoms with van der Waals surface area (Å²) in [6.07, 6.45) is -0.933. The third-order valence-corrected chi connectivity index (χ3v) is 3.29. The second kappa shape index (κ2) is 5.44. The molecule has 100 valence electrons. The Morgan fingerprint density at radius 2 is 2.11 bits per heavy atom. The van der Waals surface area contributed by atoms with Crippen molar-refractivity contribution in [2.75, 3.05) is 13.7 Å². The van der Waals surface area contributed by atoms with Gasteiger partial charge in [-0.1, -0.05) is 0 Å². The topological polar surface area (TPSA) is 127 Å². The summed E-state index contributed by atoms with van der Waals surface area (Å²) < 4.78 is 27.3. The monoisotopic (exact) mass is 275 g/mol. The van der Waals surface area contributed by atoms with Crippen molar-refractivity contribution >= 4 is 16.0 Å². The first kappa shape index (κ1) is 14.6. The number of sulfonamides is 1. The van der Waals surface area contributed by atoms with Crippen molar-refractivity contribution in [2.24, 2.45) is 5.14 Å². The number of carboxylic acids is 1. The van der Waals surface area contributed by atoms with Gasteiger partial charge in [0.2, 0.25) is 10.0 Å². The van der Waals surface area contributed by atoms with Gasteiger partial charge in [0.1, 0.15) is 6.10 Å². The molecule has 1 atom stereocenters. The number of aliphatic hydroxyl groups is 1. The highest BCUT2D eigenvalue weighted by Gasteiger charge is 2.21. The maximum absolute atomic E-state index is 11.2. The Bertz CT molecular complexity index is 549. The molecule has 0 saturated heterocycles. The number of methoxy groups -OCH3 is 1. The molecule has 0 aliphatic rings. The molecule has 4 N–H and O–H groups in total. The van der Waals surface area contributed by atoms with Crippen LogP contribution in [0.15, 0.2) is 23.1 Å². The molecule has 0 aliphatic heterocycles. The van der Waals surface area contributed by atoms with Crippen LogP contribution in [0.3, 0.4) is 0 Å². The Morgan fingerprint density at radius 1 is 1.50 bits per heavy atom. The van der Waals surface area contributed by atoms with Crippen molar-refractivity contribution in [1.29, 1.82) is 0 Å². The molecule has 0 bridgehead atoms. The molecule has 8 heteroatoms. The van der Waals surface area contributed by atoms with Gasteiger partial charge in [-0.3, -0.25) is 0 Å². The zero-order valence-electron chi connectivity index (χ0n) is 9.53. The van der Waals surface area contributed by atoms with Crippen LogP contribution in [0.25, 0.3) is 0 Å². The summed E-state index contributed by atoms with van der Waals surface area (Å²) in [6.45, 7) is -0.481. The molecule has 0 aromatic heterocycles. The predicted molar refractivity (Wildman–Crippen MR) is 61.6 cm³/mol. The van der Waals surface area contributed by atoms with E-state index in [2.05, 4.69) is 0 Å². The summed E-state index contributed by atoms with van der Waals surface area (Å²) in [5.41, 5.74) is -0.0951. The quantitative estimate of drug-likeness (QED) is 0.677. The summed E-state index contributed by atoms with van der Waals surface area (Å²) in [4.78, 5) is 10.8. The fraction of sp³-hybridized carbons (Fsp3) is 0.300. The van der Waals surface area contributed by atoms with E-state index < -0.39 is 28.7 Å². The number of carbonyl (C=O) groups is 1. The van der Waals surface area contributed by atoms with Gasteiger partial charge in [-0.2, -0.15) is 0 Å². The number of aliphatic hydroxyl groups excluding tert-OH is 1. The van der Waals surface area contributed by atoms with Crippen molar-refractivity contribution in [1.82, 2.24) is 0 Å². The molecule has 1 rings (SSSR count). The van der Waals surface area contributed by atoms with E-state index in [-0.39, 0.29) is 16.0 Å². The second-order valence-electron chi connectivity index (χ2n) is 3.51. The Labute approximate surface area is 104 Å². The average molecular weight is 275 g/mol. The van der Waals surface area contributed by atoms with Gasteiger partial charge >= 0.3 is 5.97 Å². The van der Waals surface area contributed by atoms with Crippen LogP contribution in [0.1, 0.15) is 22.0 Å². The smallest absolute Gasteiger partial charge is 0.336 e. The maximum atomic E-state index is 11.2. The summed E-state index contributed by atoms with van der Waals surface area (Å²) in [6, 6.07) is 3.29. The number of nitrogens with two attached hydrogens (primary N) is 1. The second-order valence-corrected chi connectivity index (χ2v) is 5.07. The van der Waals surface area contributed by atoms with Gasteiger partial charge in [0.25, 0.3) is 0 Å². The molecule has 18 heavy (non-hydrogen) atoms. The zero-order valence-corrected chi connectivity index (χ0v) is 10.3. The summed E-state index contributed by atoms with van der Waals surface area (Å²) in [5.74, 6) is -1.25. The first-order valence-electron chi connectivity index (χ1n) is 4.85. The van der Waals surface area contributed by atoms with Crippen molar-refractivity contribution in [3.8, 4) is 0 Å². The van der Waals surface area contributed by atoms with Gasteiger partial charge in [-0.25, -0.2) is 18.4 Å². The van der Waals surface area contributed by atoms with E-state index in [4.69, 9.17) is 20.1 Å². The largest absolute Gasteiger partial charge is 0.478 e. The number of benzene rings is 1. The van der Waals surface area contributed by atoms with Gasteiger partial charge in [-0.15, -0.1) is 0 Å². The van der Waals surface area contributed by atoms with Crippen LogP contribution in [0.2, 0.25) is 0 Å². The first-order valence-corrected chi connectivity index (χ1v) is 6.39. The lowest BCUT2D eigenvalue weighted by molar-refractivity contribution is 0.0458. The molecule has 1 aromatic rings. The lowest BCUT2D eigenvalue weighted by Crippen LogP contribution is -2.16. The number of hydrogen-bond donors (Lipinski definition) is 3. The van der Waals surface area contributed by atoms with Crippen LogP contribution in [-0.4, -0.2) is 38.3 Å². The van der Waals surface area contributed by atoms with Gasteiger partial charge in [0.15, 0.2) is 0 Å². The Hall–Kier alpha value is -1.48. The highest BCUT2D eigenvalue weighted by molar-refractivity contribution is 7.89. The van der Waals surface area contributed by atoms with Crippen molar-refractivity contribution < 1.29 is 28.2 Å². The van der Waals surface area contributed by atoms with Crippen molar-refractivity contribution in [3.05, 3.63) is 29.3 Å². The fourth-order valence-corrected chi connectivity index (χ4v) is 2.03.